The largest absolute Gasteiger partial charge is 0.357 e. The lowest BCUT2D eigenvalue weighted by Gasteiger charge is -1.98. The van der Waals surface area contributed by atoms with E-state index in [2.05, 4.69) is 35.4 Å². The van der Waals surface area contributed by atoms with Gasteiger partial charge in [0.2, 0.25) is 0 Å². The Morgan fingerprint density at radius 3 is 2.89 bits per heavy atom. The van der Waals surface area contributed by atoms with E-state index < -0.39 is 0 Å². The second-order valence-electron chi connectivity index (χ2n) is 4.05. The predicted molar refractivity (Wildman–Crippen MR) is 81.0 cm³/mol. The third-order valence-corrected chi connectivity index (χ3v) is 4.81. The number of anilines is 1. The molecule has 2 heterocycles. The molecule has 1 aromatic carbocycles. The van der Waals surface area contributed by atoms with Crippen molar-refractivity contribution in [2.75, 3.05) is 5.32 Å². The van der Waals surface area contributed by atoms with Gasteiger partial charge in [-0.3, -0.25) is 0 Å². The van der Waals surface area contributed by atoms with Crippen LogP contribution in [0, 0.1) is 6.92 Å². The van der Waals surface area contributed by atoms with Crippen molar-refractivity contribution in [2.24, 2.45) is 0 Å². The summed E-state index contributed by atoms with van der Waals surface area (Å²) in [6.45, 7) is 2.86. The summed E-state index contributed by atoms with van der Waals surface area (Å²) >= 11 is 9.18. The molecule has 2 nitrogen and oxygen atoms in total. The quantitative estimate of drug-likeness (QED) is 0.741. The summed E-state index contributed by atoms with van der Waals surface area (Å²) in [5.41, 5.74) is 2.30. The standard InChI is InChI=1S/C13H11ClN2S2/c1-8-2-4-11-10(6-8)16-13(18-11)15-7-9-3-5-12(14)17-9/h2-6H,7H2,1H3,(H,15,16). The van der Waals surface area contributed by atoms with Gasteiger partial charge in [-0.25, -0.2) is 4.98 Å². The Bertz CT molecular complexity index is 687. The van der Waals surface area contributed by atoms with Crippen LogP contribution in [-0.4, -0.2) is 4.98 Å². The summed E-state index contributed by atoms with van der Waals surface area (Å²) in [6.07, 6.45) is 0. The van der Waals surface area contributed by atoms with Crippen molar-refractivity contribution in [1.29, 1.82) is 0 Å². The number of halogens is 1. The van der Waals surface area contributed by atoms with Gasteiger partial charge in [-0.05, 0) is 36.8 Å². The van der Waals surface area contributed by atoms with Gasteiger partial charge in [-0.2, -0.15) is 0 Å². The average Bonchev–Trinajstić information content (AvgIpc) is 2.92. The fourth-order valence-electron chi connectivity index (χ4n) is 1.72. The first kappa shape index (κ1) is 12.0. The van der Waals surface area contributed by atoms with Crippen molar-refractivity contribution < 1.29 is 0 Å². The Kier molecular flexibility index (Phi) is 3.24. The third-order valence-electron chi connectivity index (χ3n) is 2.59. The second-order valence-corrected chi connectivity index (χ2v) is 6.88. The second kappa shape index (κ2) is 4.88. The number of hydrogen-bond acceptors (Lipinski definition) is 4. The fourth-order valence-corrected chi connectivity index (χ4v) is 3.59. The van der Waals surface area contributed by atoms with Crippen molar-refractivity contribution in [3.05, 3.63) is 45.1 Å². The molecule has 0 amide bonds. The molecule has 18 heavy (non-hydrogen) atoms. The van der Waals surface area contributed by atoms with Crippen molar-refractivity contribution in [3.63, 3.8) is 0 Å². The molecule has 1 N–H and O–H groups in total. The fraction of sp³-hybridized carbons (Fsp3) is 0.154. The molecule has 0 aliphatic carbocycles. The van der Waals surface area contributed by atoms with E-state index in [4.69, 9.17) is 11.6 Å². The van der Waals surface area contributed by atoms with E-state index in [9.17, 15) is 0 Å². The Morgan fingerprint density at radius 2 is 2.11 bits per heavy atom. The summed E-state index contributed by atoms with van der Waals surface area (Å²) in [5.74, 6) is 0. The molecule has 0 atom stereocenters. The van der Waals surface area contributed by atoms with E-state index in [1.807, 2.05) is 12.1 Å². The monoisotopic (exact) mass is 294 g/mol. The molecule has 0 saturated carbocycles. The summed E-state index contributed by atoms with van der Waals surface area (Å²) in [4.78, 5) is 5.79. The first-order valence-electron chi connectivity index (χ1n) is 5.56. The molecule has 0 fully saturated rings. The molecule has 92 valence electrons. The molecular formula is C13H11ClN2S2. The lowest BCUT2D eigenvalue weighted by Crippen LogP contribution is -1.95. The molecule has 5 heteroatoms. The molecule has 0 saturated heterocycles. The number of aromatic nitrogens is 1. The lowest BCUT2D eigenvalue weighted by molar-refractivity contribution is 1.18. The van der Waals surface area contributed by atoms with Crippen LogP contribution >= 0.6 is 34.3 Å². The zero-order valence-electron chi connectivity index (χ0n) is 9.74. The van der Waals surface area contributed by atoms with E-state index in [-0.39, 0.29) is 0 Å². The van der Waals surface area contributed by atoms with Gasteiger partial charge >= 0.3 is 0 Å². The van der Waals surface area contributed by atoms with E-state index in [0.29, 0.717) is 0 Å². The predicted octanol–water partition coefficient (Wildman–Crippen LogP) is 4.93. The molecule has 0 aliphatic rings. The molecule has 0 radical (unpaired) electrons. The summed E-state index contributed by atoms with van der Waals surface area (Å²) < 4.78 is 2.04. The van der Waals surface area contributed by atoms with Crippen LogP contribution < -0.4 is 5.32 Å². The zero-order chi connectivity index (χ0) is 12.5. The Balaban J connectivity index is 1.78. The molecule has 3 rings (SSSR count). The highest BCUT2D eigenvalue weighted by Crippen LogP contribution is 2.28. The highest BCUT2D eigenvalue weighted by atomic mass is 35.5. The smallest absolute Gasteiger partial charge is 0.184 e. The minimum Gasteiger partial charge on any atom is -0.357 e. The first-order valence-corrected chi connectivity index (χ1v) is 7.57. The maximum atomic E-state index is 5.90. The van der Waals surface area contributed by atoms with E-state index in [1.165, 1.54) is 15.1 Å². The van der Waals surface area contributed by atoms with Crippen LogP contribution in [0.25, 0.3) is 10.2 Å². The van der Waals surface area contributed by atoms with Gasteiger partial charge in [0.1, 0.15) is 0 Å². The van der Waals surface area contributed by atoms with Gasteiger partial charge in [0, 0.05) is 4.88 Å². The number of hydrogen-bond donors (Lipinski definition) is 1. The lowest BCUT2D eigenvalue weighted by atomic mass is 10.2. The van der Waals surface area contributed by atoms with Crippen LogP contribution in [0.5, 0.6) is 0 Å². The van der Waals surface area contributed by atoms with Crippen molar-refractivity contribution >= 4 is 49.6 Å². The number of rotatable bonds is 3. The molecule has 0 bridgehead atoms. The normalized spacial score (nSPS) is 11.0. The topological polar surface area (TPSA) is 24.9 Å². The van der Waals surface area contributed by atoms with Crippen molar-refractivity contribution in [2.45, 2.75) is 13.5 Å². The summed E-state index contributed by atoms with van der Waals surface area (Å²) in [7, 11) is 0. The van der Waals surface area contributed by atoms with Crippen molar-refractivity contribution in [1.82, 2.24) is 4.98 Å². The Labute approximate surface area is 118 Å². The maximum absolute atomic E-state index is 5.90. The molecule has 0 aliphatic heterocycles. The van der Waals surface area contributed by atoms with Gasteiger partial charge in [-0.1, -0.05) is 29.0 Å². The van der Waals surface area contributed by atoms with Crippen molar-refractivity contribution in [3.8, 4) is 0 Å². The van der Waals surface area contributed by atoms with Gasteiger partial charge < -0.3 is 5.32 Å². The average molecular weight is 295 g/mol. The van der Waals surface area contributed by atoms with Gasteiger partial charge in [0.15, 0.2) is 5.13 Å². The number of aryl methyl sites for hydroxylation is 1. The molecule has 0 unspecified atom stereocenters. The van der Waals surface area contributed by atoms with Gasteiger partial charge in [0.05, 0.1) is 21.1 Å². The number of nitrogens with one attached hydrogen (secondary N) is 1. The molecule has 2 aromatic heterocycles. The number of thiophene rings is 1. The number of benzene rings is 1. The molecule has 0 spiro atoms. The highest BCUT2D eigenvalue weighted by Gasteiger charge is 2.04. The minimum absolute atomic E-state index is 0.774. The van der Waals surface area contributed by atoms with Gasteiger partial charge in [-0.15, -0.1) is 11.3 Å². The van der Waals surface area contributed by atoms with Crippen LogP contribution in [0.2, 0.25) is 4.34 Å². The van der Waals surface area contributed by atoms with Gasteiger partial charge in [0.25, 0.3) is 0 Å². The Hall–Kier alpha value is -1.10. The summed E-state index contributed by atoms with van der Waals surface area (Å²) in [6, 6.07) is 10.3. The van der Waals surface area contributed by atoms with Crippen LogP contribution in [0.1, 0.15) is 10.4 Å². The highest BCUT2D eigenvalue weighted by molar-refractivity contribution is 7.22. The third kappa shape index (κ3) is 2.51. The number of fused-ring (bicyclic) bond motifs is 1. The van der Waals surface area contributed by atoms with Crippen LogP contribution in [-0.2, 0) is 6.54 Å². The minimum atomic E-state index is 0.774. The number of thiazole rings is 1. The van der Waals surface area contributed by atoms with Crippen LogP contribution in [0.15, 0.2) is 30.3 Å². The molecule has 3 aromatic rings. The Morgan fingerprint density at radius 1 is 1.22 bits per heavy atom. The molecular weight excluding hydrogens is 284 g/mol. The first-order chi connectivity index (χ1) is 8.70. The maximum Gasteiger partial charge on any atom is 0.184 e. The van der Waals surface area contributed by atoms with E-state index >= 15 is 0 Å². The van der Waals surface area contributed by atoms with E-state index in [1.54, 1.807) is 22.7 Å². The van der Waals surface area contributed by atoms with E-state index in [0.717, 1.165) is 21.5 Å². The van der Waals surface area contributed by atoms with Crippen LogP contribution in [0.4, 0.5) is 5.13 Å². The SMILES string of the molecule is Cc1ccc2sc(NCc3ccc(Cl)s3)nc2c1. The zero-order valence-corrected chi connectivity index (χ0v) is 12.1. The number of nitrogens with zero attached hydrogens (tertiary/aromatic N) is 1. The summed E-state index contributed by atoms with van der Waals surface area (Å²) in [5, 5.41) is 4.30. The van der Waals surface area contributed by atoms with Crippen LogP contribution in [0.3, 0.4) is 0 Å².